The number of likely N-dealkylation sites (tertiary alicyclic amines) is 1. The highest BCUT2D eigenvalue weighted by Crippen LogP contribution is 2.19. The van der Waals surface area contributed by atoms with E-state index in [4.69, 9.17) is 10.00 Å². The summed E-state index contributed by atoms with van der Waals surface area (Å²) in [5, 5.41) is 8.49. The Morgan fingerprint density at radius 1 is 1.35 bits per heavy atom. The number of nitriles is 1. The smallest absolute Gasteiger partial charge is 0.410 e. The van der Waals surface area contributed by atoms with Crippen LogP contribution < -0.4 is 0 Å². The Bertz CT molecular complexity index is 497. The number of hydrogen-bond acceptors (Lipinski definition) is 3. The van der Waals surface area contributed by atoms with E-state index in [1.54, 1.807) is 4.90 Å². The maximum atomic E-state index is 11.9. The van der Waals surface area contributed by atoms with Gasteiger partial charge >= 0.3 is 6.09 Å². The van der Waals surface area contributed by atoms with Crippen molar-refractivity contribution in [3.8, 4) is 6.07 Å². The van der Waals surface area contributed by atoms with Crippen LogP contribution in [0.3, 0.4) is 0 Å². The van der Waals surface area contributed by atoms with Crippen LogP contribution in [0.15, 0.2) is 42.5 Å². The highest BCUT2D eigenvalue weighted by Gasteiger charge is 2.22. The first-order valence-electron chi connectivity index (χ1n) is 6.81. The molecule has 1 saturated heterocycles. The number of benzene rings is 1. The van der Waals surface area contributed by atoms with E-state index in [1.807, 2.05) is 42.5 Å². The van der Waals surface area contributed by atoms with E-state index in [-0.39, 0.29) is 6.09 Å². The minimum atomic E-state index is -0.253. The minimum Gasteiger partial charge on any atom is -0.445 e. The molecule has 0 N–H and O–H groups in total. The molecular formula is C16H18N2O2. The maximum Gasteiger partial charge on any atom is 0.410 e. The summed E-state index contributed by atoms with van der Waals surface area (Å²) in [4.78, 5) is 13.7. The summed E-state index contributed by atoms with van der Waals surface area (Å²) in [6.45, 7) is 1.69. The van der Waals surface area contributed by atoms with Crippen LogP contribution in [0.2, 0.25) is 0 Å². The van der Waals surface area contributed by atoms with Crippen molar-refractivity contribution in [3.63, 3.8) is 0 Å². The summed E-state index contributed by atoms with van der Waals surface area (Å²) in [5.41, 5.74) is 0.993. The van der Waals surface area contributed by atoms with Crippen molar-refractivity contribution in [2.45, 2.75) is 19.4 Å². The molecule has 0 aliphatic carbocycles. The number of amides is 1. The van der Waals surface area contributed by atoms with E-state index in [1.165, 1.54) is 6.08 Å². The Labute approximate surface area is 119 Å². The predicted molar refractivity (Wildman–Crippen MR) is 75.7 cm³/mol. The van der Waals surface area contributed by atoms with Gasteiger partial charge in [-0.1, -0.05) is 36.4 Å². The molecule has 1 fully saturated rings. The number of ether oxygens (including phenoxy) is 1. The molecule has 1 aliphatic rings. The largest absolute Gasteiger partial charge is 0.445 e. The lowest BCUT2D eigenvalue weighted by molar-refractivity contribution is 0.0854. The quantitative estimate of drug-likeness (QED) is 0.793. The van der Waals surface area contributed by atoms with Crippen molar-refractivity contribution in [1.29, 1.82) is 5.26 Å². The fourth-order valence-corrected chi connectivity index (χ4v) is 2.26. The third-order valence-electron chi connectivity index (χ3n) is 3.45. The molecule has 1 heterocycles. The summed E-state index contributed by atoms with van der Waals surface area (Å²) in [7, 11) is 0. The number of carbonyl (C=O) groups excluding carboxylic acids is 1. The fourth-order valence-electron chi connectivity index (χ4n) is 2.26. The van der Waals surface area contributed by atoms with Crippen molar-refractivity contribution in [2.75, 3.05) is 13.1 Å². The van der Waals surface area contributed by atoms with E-state index >= 15 is 0 Å². The number of hydrogen-bond donors (Lipinski definition) is 0. The molecule has 0 spiro atoms. The summed E-state index contributed by atoms with van der Waals surface area (Å²) < 4.78 is 5.30. The van der Waals surface area contributed by atoms with E-state index in [0.29, 0.717) is 25.6 Å². The molecule has 4 nitrogen and oxygen atoms in total. The zero-order chi connectivity index (χ0) is 14.2. The van der Waals surface area contributed by atoms with Crippen LogP contribution in [0, 0.1) is 17.2 Å². The molecular weight excluding hydrogens is 252 g/mol. The Balaban J connectivity index is 1.75. The van der Waals surface area contributed by atoms with Crippen LogP contribution in [0.25, 0.3) is 0 Å². The predicted octanol–water partition coefficient (Wildman–Crippen LogP) is 3.11. The average molecular weight is 270 g/mol. The van der Waals surface area contributed by atoms with Gasteiger partial charge in [0.2, 0.25) is 0 Å². The second-order valence-corrected chi connectivity index (χ2v) is 4.85. The number of carbonyl (C=O) groups is 1. The Morgan fingerprint density at radius 2 is 2.05 bits per heavy atom. The number of nitrogens with zero attached hydrogens (tertiary/aromatic N) is 2. The van der Waals surface area contributed by atoms with E-state index in [9.17, 15) is 4.79 Å². The zero-order valence-corrected chi connectivity index (χ0v) is 11.4. The molecule has 104 valence electrons. The van der Waals surface area contributed by atoms with Gasteiger partial charge in [0.25, 0.3) is 0 Å². The molecule has 1 aromatic carbocycles. The molecule has 20 heavy (non-hydrogen) atoms. The van der Waals surface area contributed by atoms with Crippen LogP contribution >= 0.6 is 0 Å². The van der Waals surface area contributed by atoms with Crippen LogP contribution in [-0.4, -0.2) is 24.1 Å². The average Bonchev–Trinajstić information content (AvgIpc) is 2.52. The molecule has 4 heteroatoms. The third-order valence-corrected chi connectivity index (χ3v) is 3.45. The van der Waals surface area contributed by atoms with Gasteiger partial charge in [0.1, 0.15) is 6.61 Å². The molecule has 1 amide bonds. The molecule has 0 radical (unpaired) electrons. The zero-order valence-electron chi connectivity index (χ0n) is 11.4. The number of rotatable bonds is 3. The Hall–Kier alpha value is -2.28. The van der Waals surface area contributed by atoms with Gasteiger partial charge in [-0.25, -0.2) is 4.79 Å². The maximum absolute atomic E-state index is 11.9. The van der Waals surface area contributed by atoms with Gasteiger partial charge in [0.05, 0.1) is 6.07 Å². The lowest BCUT2D eigenvalue weighted by Crippen LogP contribution is -2.38. The second-order valence-electron chi connectivity index (χ2n) is 4.85. The highest BCUT2D eigenvalue weighted by atomic mass is 16.6. The van der Waals surface area contributed by atoms with Gasteiger partial charge in [0.15, 0.2) is 0 Å². The third kappa shape index (κ3) is 4.13. The Morgan fingerprint density at radius 3 is 2.70 bits per heavy atom. The fraction of sp³-hybridized carbons (Fsp3) is 0.375. The molecule has 0 atom stereocenters. The SMILES string of the molecule is N#C/C=C/C1CCN(C(=O)OCc2ccccc2)CC1. The summed E-state index contributed by atoms with van der Waals surface area (Å²) >= 11 is 0. The molecule has 1 aliphatic heterocycles. The topological polar surface area (TPSA) is 53.3 Å². The van der Waals surface area contributed by atoms with Gasteiger partial charge in [-0.3, -0.25) is 0 Å². The van der Waals surface area contributed by atoms with Gasteiger partial charge in [-0.15, -0.1) is 0 Å². The van der Waals surface area contributed by atoms with E-state index < -0.39 is 0 Å². The normalized spacial score (nSPS) is 16.1. The monoisotopic (exact) mass is 270 g/mol. The van der Waals surface area contributed by atoms with E-state index in [0.717, 1.165) is 18.4 Å². The first-order chi connectivity index (χ1) is 9.79. The highest BCUT2D eigenvalue weighted by molar-refractivity contribution is 5.67. The van der Waals surface area contributed by atoms with Gasteiger partial charge in [-0.2, -0.15) is 5.26 Å². The summed E-state index contributed by atoms with van der Waals surface area (Å²) in [6, 6.07) is 11.7. The van der Waals surface area contributed by atoms with Crippen molar-refractivity contribution in [1.82, 2.24) is 4.90 Å². The summed E-state index contributed by atoms with van der Waals surface area (Å²) in [6.07, 6.45) is 4.97. The standard InChI is InChI=1S/C16H18N2O2/c17-10-4-7-14-8-11-18(12-9-14)16(19)20-13-15-5-2-1-3-6-15/h1-7,14H,8-9,11-13H2/b7-4+. The molecule has 1 aromatic rings. The Kier molecular flexibility index (Phi) is 5.19. The van der Waals surface area contributed by atoms with Crippen LogP contribution in [-0.2, 0) is 11.3 Å². The lowest BCUT2D eigenvalue weighted by atomic mass is 9.97. The van der Waals surface area contributed by atoms with Crippen molar-refractivity contribution in [2.24, 2.45) is 5.92 Å². The van der Waals surface area contributed by atoms with Gasteiger partial charge in [-0.05, 0) is 24.3 Å². The van der Waals surface area contributed by atoms with Crippen LogP contribution in [0.5, 0.6) is 0 Å². The summed E-state index contributed by atoms with van der Waals surface area (Å²) in [5.74, 6) is 0.396. The minimum absolute atomic E-state index is 0.253. The molecule has 0 unspecified atom stereocenters. The molecule has 0 bridgehead atoms. The molecule has 2 rings (SSSR count). The first kappa shape index (κ1) is 14.1. The molecule has 0 saturated carbocycles. The van der Waals surface area contributed by atoms with Crippen molar-refractivity contribution < 1.29 is 9.53 Å². The van der Waals surface area contributed by atoms with Gasteiger partial charge < -0.3 is 9.64 Å². The van der Waals surface area contributed by atoms with Crippen LogP contribution in [0.4, 0.5) is 4.79 Å². The number of piperidine rings is 1. The van der Waals surface area contributed by atoms with Crippen LogP contribution in [0.1, 0.15) is 18.4 Å². The first-order valence-corrected chi connectivity index (χ1v) is 6.81. The van der Waals surface area contributed by atoms with E-state index in [2.05, 4.69) is 0 Å². The van der Waals surface area contributed by atoms with Gasteiger partial charge in [0, 0.05) is 19.2 Å². The number of allylic oxidation sites excluding steroid dienone is 2. The lowest BCUT2D eigenvalue weighted by Gasteiger charge is -2.29. The van der Waals surface area contributed by atoms with Crippen molar-refractivity contribution >= 4 is 6.09 Å². The van der Waals surface area contributed by atoms with Crippen molar-refractivity contribution in [3.05, 3.63) is 48.0 Å². The second kappa shape index (κ2) is 7.34. The molecule has 0 aromatic heterocycles.